The molecule has 1 saturated heterocycles. The Hall–Kier alpha value is -1.09. The summed E-state index contributed by atoms with van der Waals surface area (Å²) in [6.07, 6.45) is 4.25. The van der Waals surface area contributed by atoms with E-state index in [9.17, 15) is 0 Å². The van der Waals surface area contributed by atoms with Crippen LogP contribution < -0.4 is 4.74 Å². The van der Waals surface area contributed by atoms with Crippen LogP contribution in [0.1, 0.15) is 24.4 Å². The summed E-state index contributed by atoms with van der Waals surface area (Å²) in [6.45, 7) is 1.17. The summed E-state index contributed by atoms with van der Waals surface area (Å²) >= 11 is 0. The lowest BCUT2D eigenvalue weighted by atomic mass is 10.1. The van der Waals surface area contributed by atoms with Crippen molar-refractivity contribution in [2.75, 3.05) is 20.7 Å². The Morgan fingerprint density at radius 2 is 2.43 bits per heavy atom. The Kier molecular flexibility index (Phi) is 2.68. The molecule has 1 aromatic rings. The van der Waals surface area contributed by atoms with Crippen LogP contribution in [-0.2, 0) is 0 Å². The molecular weight excluding hydrogens is 176 g/mol. The van der Waals surface area contributed by atoms with Crippen LogP contribution >= 0.6 is 0 Å². The van der Waals surface area contributed by atoms with Gasteiger partial charge in [0.05, 0.1) is 7.11 Å². The van der Waals surface area contributed by atoms with E-state index in [1.165, 1.54) is 24.9 Å². The van der Waals surface area contributed by atoms with E-state index in [0.717, 1.165) is 5.88 Å². The lowest BCUT2D eigenvalue weighted by Gasteiger charge is -2.20. The van der Waals surface area contributed by atoms with Gasteiger partial charge in [-0.05, 0) is 32.5 Å². The maximum Gasteiger partial charge on any atom is 0.217 e. The monoisotopic (exact) mass is 192 g/mol. The van der Waals surface area contributed by atoms with E-state index in [1.54, 1.807) is 13.3 Å². The van der Waals surface area contributed by atoms with E-state index in [0.29, 0.717) is 6.04 Å². The zero-order valence-corrected chi connectivity index (χ0v) is 8.73. The number of nitrogens with zero attached hydrogens (tertiary/aromatic N) is 2. The van der Waals surface area contributed by atoms with E-state index in [1.807, 2.05) is 6.07 Å². The minimum Gasteiger partial charge on any atom is -0.481 e. The summed E-state index contributed by atoms with van der Waals surface area (Å²) in [5.74, 6) is 0.770. The van der Waals surface area contributed by atoms with Gasteiger partial charge in [0, 0.05) is 17.8 Å². The SMILES string of the molecule is COc1ncccc1[C@@H]1CCCN1C. The molecule has 1 fully saturated rings. The topological polar surface area (TPSA) is 25.4 Å². The number of methoxy groups -OCH3 is 1. The first kappa shape index (κ1) is 9.46. The minimum absolute atomic E-state index is 0.485. The van der Waals surface area contributed by atoms with Crippen LogP contribution in [0.2, 0.25) is 0 Å². The molecule has 76 valence electrons. The Bertz CT molecular complexity index is 314. The van der Waals surface area contributed by atoms with Crippen molar-refractivity contribution >= 4 is 0 Å². The first-order valence-corrected chi connectivity index (χ1v) is 5.02. The zero-order valence-electron chi connectivity index (χ0n) is 8.73. The number of aromatic nitrogens is 1. The van der Waals surface area contributed by atoms with Crippen LogP contribution in [0.3, 0.4) is 0 Å². The first-order valence-electron chi connectivity index (χ1n) is 5.02. The first-order chi connectivity index (χ1) is 6.83. The van der Waals surface area contributed by atoms with Crippen LogP contribution in [0.4, 0.5) is 0 Å². The fraction of sp³-hybridized carbons (Fsp3) is 0.545. The van der Waals surface area contributed by atoms with Crippen molar-refractivity contribution in [3.05, 3.63) is 23.9 Å². The molecule has 1 aliphatic heterocycles. The van der Waals surface area contributed by atoms with Crippen molar-refractivity contribution in [1.82, 2.24) is 9.88 Å². The zero-order chi connectivity index (χ0) is 9.97. The molecule has 0 bridgehead atoms. The van der Waals surface area contributed by atoms with Crippen molar-refractivity contribution < 1.29 is 4.74 Å². The molecule has 1 aliphatic rings. The molecule has 0 N–H and O–H groups in total. The molecule has 2 rings (SSSR count). The number of hydrogen-bond acceptors (Lipinski definition) is 3. The van der Waals surface area contributed by atoms with Gasteiger partial charge >= 0.3 is 0 Å². The maximum atomic E-state index is 5.27. The highest BCUT2D eigenvalue weighted by Crippen LogP contribution is 2.34. The van der Waals surface area contributed by atoms with Gasteiger partial charge in [-0.1, -0.05) is 6.07 Å². The molecule has 14 heavy (non-hydrogen) atoms. The molecular formula is C11H16N2O. The molecule has 1 aromatic heterocycles. The van der Waals surface area contributed by atoms with Crippen molar-refractivity contribution in [3.63, 3.8) is 0 Å². The highest BCUT2D eigenvalue weighted by Gasteiger charge is 2.25. The molecule has 0 saturated carbocycles. The number of likely N-dealkylation sites (tertiary alicyclic amines) is 1. The standard InChI is InChI=1S/C11H16N2O/c1-13-8-4-6-10(13)9-5-3-7-12-11(9)14-2/h3,5,7,10H,4,6,8H2,1-2H3/t10-/m0/s1. The van der Waals surface area contributed by atoms with Gasteiger partial charge in [0.1, 0.15) is 0 Å². The van der Waals surface area contributed by atoms with Crippen LogP contribution in [0, 0.1) is 0 Å². The number of pyridine rings is 1. The van der Waals surface area contributed by atoms with Gasteiger partial charge < -0.3 is 4.74 Å². The van der Waals surface area contributed by atoms with Crippen molar-refractivity contribution in [2.24, 2.45) is 0 Å². The highest BCUT2D eigenvalue weighted by atomic mass is 16.5. The molecule has 0 aromatic carbocycles. The van der Waals surface area contributed by atoms with E-state index < -0.39 is 0 Å². The lowest BCUT2D eigenvalue weighted by Crippen LogP contribution is -2.18. The largest absolute Gasteiger partial charge is 0.481 e. The molecule has 3 nitrogen and oxygen atoms in total. The Morgan fingerprint density at radius 1 is 1.57 bits per heavy atom. The smallest absolute Gasteiger partial charge is 0.217 e. The Morgan fingerprint density at radius 3 is 3.07 bits per heavy atom. The van der Waals surface area contributed by atoms with Crippen molar-refractivity contribution in [2.45, 2.75) is 18.9 Å². The molecule has 0 aliphatic carbocycles. The second kappa shape index (κ2) is 3.96. The van der Waals surface area contributed by atoms with E-state index >= 15 is 0 Å². The fourth-order valence-corrected chi connectivity index (χ4v) is 2.13. The summed E-state index contributed by atoms with van der Waals surface area (Å²) < 4.78 is 5.27. The highest BCUT2D eigenvalue weighted by molar-refractivity contribution is 5.29. The lowest BCUT2D eigenvalue weighted by molar-refractivity contribution is 0.302. The predicted octanol–water partition coefficient (Wildman–Crippen LogP) is 1.86. The van der Waals surface area contributed by atoms with Gasteiger partial charge in [-0.2, -0.15) is 0 Å². The van der Waals surface area contributed by atoms with E-state index in [4.69, 9.17) is 4.74 Å². The number of rotatable bonds is 2. The molecule has 1 atom stereocenters. The van der Waals surface area contributed by atoms with Crippen molar-refractivity contribution in [3.8, 4) is 5.88 Å². The average molecular weight is 192 g/mol. The fourth-order valence-electron chi connectivity index (χ4n) is 2.13. The van der Waals surface area contributed by atoms with Gasteiger partial charge in [-0.3, -0.25) is 4.90 Å². The number of hydrogen-bond donors (Lipinski definition) is 0. The predicted molar refractivity (Wildman–Crippen MR) is 55.4 cm³/mol. The third-order valence-corrected chi connectivity index (χ3v) is 2.87. The van der Waals surface area contributed by atoms with Crippen LogP contribution in [0.15, 0.2) is 18.3 Å². The normalized spacial score (nSPS) is 22.6. The Balaban J connectivity index is 2.30. The summed E-state index contributed by atoms with van der Waals surface area (Å²) in [5.41, 5.74) is 1.22. The quantitative estimate of drug-likeness (QED) is 0.715. The van der Waals surface area contributed by atoms with Crippen LogP contribution in [0.5, 0.6) is 5.88 Å². The van der Waals surface area contributed by atoms with Crippen molar-refractivity contribution in [1.29, 1.82) is 0 Å². The maximum absolute atomic E-state index is 5.27. The molecule has 0 spiro atoms. The van der Waals surface area contributed by atoms with Gasteiger partial charge in [0.25, 0.3) is 0 Å². The summed E-state index contributed by atoms with van der Waals surface area (Å²) in [6, 6.07) is 4.57. The minimum atomic E-state index is 0.485. The summed E-state index contributed by atoms with van der Waals surface area (Å²) in [5, 5.41) is 0. The van der Waals surface area contributed by atoms with Gasteiger partial charge in [-0.25, -0.2) is 4.98 Å². The van der Waals surface area contributed by atoms with Crippen LogP contribution in [-0.4, -0.2) is 30.6 Å². The van der Waals surface area contributed by atoms with E-state index in [2.05, 4.69) is 23.0 Å². The molecule has 3 heteroatoms. The Labute approximate surface area is 84.7 Å². The molecule has 0 amide bonds. The number of ether oxygens (including phenoxy) is 1. The summed E-state index contributed by atoms with van der Waals surface area (Å²) in [4.78, 5) is 6.59. The second-order valence-corrected chi connectivity index (χ2v) is 3.74. The summed E-state index contributed by atoms with van der Waals surface area (Å²) in [7, 11) is 3.84. The third-order valence-electron chi connectivity index (χ3n) is 2.87. The molecule has 0 unspecified atom stereocenters. The molecule has 2 heterocycles. The molecule has 0 radical (unpaired) electrons. The third kappa shape index (κ3) is 1.60. The van der Waals surface area contributed by atoms with E-state index in [-0.39, 0.29) is 0 Å². The second-order valence-electron chi connectivity index (χ2n) is 3.74. The van der Waals surface area contributed by atoms with Gasteiger partial charge in [0.15, 0.2) is 0 Å². The van der Waals surface area contributed by atoms with Crippen LogP contribution in [0.25, 0.3) is 0 Å². The average Bonchev–Trinajstić information content (AvgIpc) is 2.64. The van der Waals surface area contributed by atoms with Gasteiger partial charge in [-0.15, -0.1) is 0 Å². The van der Waals surface area contributed by atoms with Gasteiger partial charge in [0.2, 0.25) is 5.88 Å².